The van der Waals surface area contributed by atoms with Crippen LogP contribution in [0, 0.1) is 0 Å². The van der Waals surface area contributed by atoms with Crippen LogP contribution in [0.1, 0.15) is 49.9 Å². The van der Waals surface area contributed by atoms with Crippen LogP contribution in [0.25, 0.3) is 0 Å². The lowest BCUT2D eigenvalue weighted by molar-refractivity contribution is 0.592. The Hall–Kier alpha value is -5.70. The van der Waals surface area contributed by atoms with Gasteiger partial charge < -0.3 is 9.46 Å². The quantitative estimate of drug-likeness (QED) is 0.168. The molecule has 7 aromatic rings. The van der Waals surface area contributed by atoms with E-state index in [1.807, 2.05) is 60.8 Å². The third kappa shape index (κ3) is 4.75. The van der Waals surface area contributed by atoms with E-state index in [4.69, 9.17) is 4.98 Å². The van der Waals surface area contributed by atoms with E-state index in [0.29, 0.717) is 0 Å². The van der Waals surface area contributed by atoms with Gasteiger partial charge in [-0.05, 0) is 70.8 Å². The monoisotopic (exact) mass is 693 g/mol. The number of para-hydroxylation sites is 4. The maximum atomic E-state index is 16.2. The van der Waals surface area contributed by atoms with Gasteiger partial charge in [0.25, 0.3) is 0 Å². The van der Waals surface area contributed by atoms with Gasteiger partial charge in [0.2, 0.25) is 0 Å². The van der Waals surface area contributed by atoms with Gasteiger partial charge in [-0.3, -0.25) is 4.90 Å². The van der Waals surface area contributed by atoms with Crippen molar-refractivity contribution in [1.82, 2.24) is 4.98 Å². The summed E-state index contributed by atoms with van der Waals surface area (Å²) in [6.45, 7) is 9.15. The third-order valence-corrected chi connectivity index (χ3v) is 14.2. The first-order valence-electron chi connectivity index (χ1n) is 17.9. The molecule has 0 spiro atoms. The van der Waals surface area contributed by atoms with E-state index in [1.165, 1.54) is 22.3 Å². The van der Waals surface area contributed by atoms with E-state index in [-0.39, 0.29) is 10.8 Å². The standard InChI is InChI=1S/C47H40N3OP/c1-46(2)37-21-8-12-25-41(37)49(42-26-13-9-22-38(42)46)33-17-16-20-35(31-33)52(51,34-18-6-5-7-19-34)36-29-30-48-45(32-36)50-43-27-14-10-23-39(43)47(3,4)40-24-11-15-28-44(40)50/h5-32H,1-4H3. The molecule has 0 saturated carbocycles. The molecule has 52 heavy (non-hydrogen) atoms. The normalized spacial score (nSPS) is 16.2. The summed E-state index contributed by atoms with van der Waals surface area (Å²) in [5.74, 6) is 0.737. The molecule has 0 aliphatic carbocycles. The van der Waals surface area contributed by atoms with Crippen molar-refractivity contribution < 1.29 is 4.57 Å². The number of aromatic nitrogens is 1. The lowest BCUT2D eigenvalue weighted by Gasteiger charge is -2.42. The number of fused-ring (bicyclic) bond motifs is 4. The second-order valence-electron chi connectivity index (χ2n) is 14.8. The van der Waals surface area contributed by atoms with Crippen molar-refractivity contribution in [3.05, 3.63) is 192 Å². The van der Waals surface area contributed by atoms with Crippen LogP contribution in [-0.2, 0) is 15.4 Å². The maximum Gasteiger partial charge on any atom is 0.171 e. The molecule has 1 atom stereocenters. The minimum Gasteiger partial charge on any atom is -0.310 e. The molecule has 1 aromatic heterocycles. The van der Waals surface area contributed by atoms with Crippen LogP contribution in [0.15, 0.2) is 170 Å². The number of pyridine rings is 1. The molecule has 9 rings (SSSR count). The fourth-order valence-corrected chi connectivity index (χ4v) is 11.2. The highest BCUT2D eigenvalue weighted by molar-refractivity contribution is 7.85. The lowest BCUT2D eigenvalue weighted by Crippen LogP contribution is -2.32. The Morgan fingerprint density at radius 1 is 0.442 bits per heavy atom. The van der Waals surface area contributed by atoms with Crippen molar-refractivity contribution in [2.75, 3.05) is 9.80 Å². The summed E-state index contributed by atoms with van der Waals surface area (Å²) >= 11 is 0. The molecule has 2 aliphatic heterocycles. The van der Waals surface area contributed by atoms with E-state index >= 15 is 4.57 Å². The molecule has 5 heteroatoms. The summed E-state index contributed by atoms with van der Waals surface area (Å²) < 4.78 is 16.2. The third-order valence-electron chi connectivity index (χ3n) is 11.2. The molecule has 0 fully saturated rings. The van der Waals surface area contributed by atoms with Gasteiger partial charge >= 0.3 is 0 Å². The maximum absolute atomic E-state index is 16.2. The largest absolute Gasteiger partial charge is 0.310 e. The van der Waals surface area contributed by atoms with E-state index < -0.39 is 7.14 Å². The SMILES string of the molecule is CC1(C)c2ccccc2N(c2cccc(P(=O)(c3ccccc3)c3ccnc(N4c5ccccc5C(C)(C)c5ccccc54)c3)c2)c2ccccc21. The van der Waals surface area contributed by atoms with Gasteiger partial charge in [0.05, 0.1) is 22.7 Å². The lowest BCUT2D eigenvalue weighted by atomic mass is 9.73. The zero-order chi connectivity index (χ0) is 35.7. The van der Waals surface area contributed by atoms with Gasteiger partial charge in [0.15, 0.2) is 7.14 Å². The van der Waals surface area contributed by atoms with E-state index in [9.17, 15) is 0 Å². The van der Waals surface area contributed by atoms with Crippen molar-refractivity contribution in [2.24, 2.45) is 0 Å². The van der Waals surface area contributed by atoms with Gasteiger partial charge in [0, 0.05) is 38.6 Å². The number of nitrogens with zero attached hydrogens (tertiary/aromatic N) is 3. The van der Waals surface area contributed by atoms with Crippen molar-refractivity contribution >= 4 is 57.3 Å². The molecule has 0 bridgehead atoms. The van der Waals surface area contributed by atoms with Crippen LogP contribution in [0.4, 0.5) is 34.3 Å². The van der Waals surface area contributed by atoms with Crippen LogP contribution in [0.2, 0.25) is 0 Å². The topological polar surface area (TPSA) is 36.4 Å². The first-order chi connectivity index (χ1) is 25.2. The Morgan fingerprint density at radius 2 is 0.865 bits per heavy atom. The Kier molecular flexibility index (Phi) is 7.40. The Balaban J connectivity index is 1.23. The highest BCUT2D eigenvalue weighted by atomic mass is 31.2. The van der Waals surface area contributed by atoms with Gasteiger partial charge in [-0.2, -0.15) is 0 Å². The first-order valence-corrected chi connectivity index (χ1v) is 19.6. The van der Waals surface area contributed by atoms with E-state index in [0.717, 1.165) is 50.2 Å². The summed E-state index contributed by atoms with van der Waals surface area (Å²) in [5.41, 5.74) is 10.0. The van der Waals surface area contributed by atoms with Gasteiger partial charge in [-0.1, -0.05) is 143 Å². The molecular weight excluding hydrogens is 654 g/mol. The summed E-state index contributed by atoms with van der Waals surface area (Å²) in [7, 11) is -3.41. The van der Waals surface area contributed by atoms with E-state index in [1.54, 1.807) is 0 Å². The summed E-state index contributed by atoms with van der Waals surface area (Å²) in [6.07, 6.45) is 1.81. The van der Waals surface area contributed by atoms with Crippen LogP contribution < -0.4 is 25.7 Å². The minimum atomic E-state index is -3.41. The van der Waals surface area contributed by atoms with Gasteiger partial charge in [-0.25, -0.2) is 4.98 Å². The minimum absolute atomic E-state index is 0.172. The van der Waals surface area contributed by atoms with Crippen LogP contribution in [0.5, 0.6) is 0 Å². The number of anilines is 6. The molecule has 0 saturated heterocycles. The molecule has 0 amide bonds. The van der Waals surface area contributed by atoms with Crippen molar-refractivity contribution in [2.45, 2.75) is 38.5 Å². The summed E-state index contributed by atoms with van der Waals surface area (Å²) in [6, 6.07) is 56.7. The zero-order valence-corrected chi connectivity index (χ0v) is 30.8. The summed E-state index contributed by atoms with van der Waals surface area (Å²) in [4.78, 5) is 9.52. The molecular formula is C47H40N3OP. The highest BCUT2D eigenvalue weighted by Gasteiger charge is 2.39. The van der Waals surface area contributed by atoms with Crippen molar-refractivity contribution in [1.29, 1.82) is 0 Å². The second kappa shape index (κ2) is 11.9. The fourth-order valence-electron chi connectivity index (χ4n) is 8.50. The Bertz CT molecular complexity index is 2290. The van der Waals surface area contributed by atoms with Gasteiger partial charge in [-0.15, -0.1) is 0 Å². The van der Waals surface area contributed by atoms with Crippen molar-refractivity contribution in [3.63, 3.8) is 0 Å². The summed E-state index contributed by atoms with van der Waals surface area (Å²) in [5, 5.41) is 2.29. The molecule has 0 radical (unpaired) electrons. The smallest absolute Gasteiger partial charge is 0.171 e. The van der Waals surface area contributed by atoms with Crippen LogP contribution in [-0.4, -0.2) is 4.98 Å². The van der Waals surface area contributed by atoms with Crippen LogP contribution >= 0.6 is 7.14 Å². The molecule has 6 aromatic carbocycles. The number of rotatable bonds is 5. The molecule has 3 heterocycles. The Labute approximate surface area is 306 Å². The van der Waals surface area contributed by atoms with Gasteiger partial charge in [0.1, 0.15) is 5.82 Å². The average Bonchev–Trinajstić information content (AvgIpc) is 3.18. The highest BCUT2D eigenvalue weighted by Crippen LogP contribution is 2.54. The van der Waals surface area contributed by atoms with Crippen LogP contribution in [0.3, 0.4) is 0 Å². The number of benzene rings is 6. The molecule has 2 aliphatic rings. The second-order valence-corrected chi connectivity index (χ2v) is 17.6. The zero-order valence-electron chi connectivity index (χ0n) is 29.9. The Morgan fingerprint density at radius 3 is 1.38 bits per heavy atom. The fraction of sp³-hybridized carbons (Fsp3) is 0.128. The predicted octanol–water partition coefficient (Wildman–Crippen LogP) is 10.9. The molecule has 0 N–H and O–H groups in total. The first kappa shape index (κ1) is 32.2. The average molecular weight is 694 g/mol. The van der Waals surface area contributed by atoms with Crippen molar-refractivity contribution in [3.8, 4) is 0 Å². The number of hydrogen-bond acceptors (Lipinski definition) is 4. The predicted molar refractivity (Wildman–Crippen MR) is 217 cm³/mol. The molecule has 4 nitrogen and oxygen atoms in total. The number of hydrogen-bond donors (Lipinski definition) is 0. The molecule has 1 unspecified atom stereocenters. The van der Waals surface area contributed by atoms with E-state index in [2.05, 4.69) is 147 Å². The molecule has 254 valence electrons.